The van der Waals surface area contributed by atoms with Crippen LogP contribution in [-0.4, -0.2) is 133 Å². The number of imide groups is 1. The smallest absolute Gasteiger partial charge is 0.255 e. The second-order valence-electron chi connectivity index (χ2n) is 24.9. The van der Waals surface area contributed by atoms with Crippen molar-refractivity contribution in [1.82, 2.24) is 25.0 Å². The Labute approximate surface area is 506 Å². The number of carbonyl (C=O) groups excluding carboxylic acids is 6. The molecule has 454 valence electrons. The largest absolute Gasteiger partial charge is 0.490 e. The van der Waals surface area contributed by atoms with E-state index in [1.807, 2.05) is 62.1 Å². The minimum absolute atomic E-state index is 0.0427. The van der Waals surface area contributed by atoms with Crippen LogP contribution in [0.25, 0.3) is 11.3 Å². The van der Waals surface area contributed by atoms with Gasteiger partial charge in [-0.3, -0.25) is 34.1 Å². The molecule has 1 aromatic heterocycles. The fraction of sp³-hybridized carbons (Fsp3) is 0.464. The molecule has 1 unspecified atom stereocenters. The first-order chi connectivity index (χ1) is 41.4. The highest BCUT2D eigenvalue weighted by molar-refractivity contribution is 6.10. The molecule has 5 heterocycles. The van der Waals surface area contributed by atoms with Gasteiger partial charge in [-0.2, -0.15) is 0 Å². The van der Waals surface area contributed by atoms with Crippen molar-refractivity contribution in [2.24, 2.45) is 0 Å². The molecule has 17 heteroatoms. The predicted octanol–water partition coefficient (Wildman–Crippen LogP) is 11.6. The summed E-state index contributed by atoms with van der Waals surface area (Å²) in [6.07, 6.45) is 11.4. The summed E-state index contributed by atoms with van der Waals surface area (Å²) < 4.78 is 22.4. The molecule has 4 aliphatic heterocycles. The number of likely N-dealkylation sites (tertiary alicyclic amines) is 2. The summed E-state index contributed by atoms with van der Waals surface area (Å²) in [5.41, 5.74) is 8.42. The van der Waals surface area contributed by atoms with Crippen LogP contribution in [0.15, 0.2) is 91.6 Å². The van der Waals surface area contributed by atoms with Gasteiger partial charge < -0.3 is 39.5 Å². The SMILES string of the molecule is C=CN(c1c(C)cc(-c2ccc3c(c2)N(C2CC(N4CCCCC4)C2)C(=O)C32CCN(C(=O)c3ccc(OC4CCN(c5ccc(C=O)c(C(=O)N(C)C(CCC)C(=O)NC=O)c5)CC4)cc3)CC2)nc1Nc1cc(C(C)C)c(C)cc1F)C(C)C. The van der Waals surface area contributed by atoms with E-state index in [4.69, 9.17) is 9.72 Å². The van der Waals surface area contributed by atoms with Gasteiger partial charge in [-0.1, -0.05) is 52.3 Å². The molecular formula is C69H84FN9O7. The normalized spacial score (nSPS) is 19.0. The summed E-state index contributed by atoms with van der Waals surface area (Å²) >= 11 is 0. The molecule has 3 saturated heterocycles. The maximum absolute atomic E-state index is 15.9. The van der Waals surface area contributed by atoms with Crippen molar-refractivity contribution in [3.8, 4) is 17.0 Å². The van der Waals surface area contributed by atoms with Crippen molar-refractivity contribution in [3.63, 3.8) is 0 Å². The second kappa shape index (κ2) is 26.0. The number of hydrogen-bond acceptors (Lipinski definition) is 12. The molecule has 0 bridgehead atoms. The average molecular weight is 1170 g/mol. The molecule has 16 nitrogen and oxygen atoms in total. The number of piperidine rings is 3. The Hall–Kier alpha value is -7.92. The highest BCUT2D eigenvalue weighted by Crippen LogP contribution is 2.53. The van der Waals surface area contributed by atoms with Crippen LogP contribution in [0.3, 0.4) is 0 Å². The monoisotopic (exact) mass is 1170 g/mol. The predicted molar refractivity (Wildman–Crippen MR) is 336 cm³/mol. The third-order valence-corrected chi connectivity index (χ3v) is 18.8. The van der Waals surface area contributed by atoms with E-state index in [1.54, 1.807) is 24.4 Å². The fourth-order valence-electron chi connectivity index (χ4n) is 13.9. The second-order valence-corrected chi connectivity index (χ2v) is 24.9. The molecule has 2 N–H and O–H groups in total. The summed E-state index contributed by atoms with van der Waals surface area (Å²) in [4.78, 5) is 96.7. The van der Waals surface area contributed by atoms with E-state index in [2.05, 4.69) is 88.8 Å². The maximum Gasteiger partial charge on any atom is 0.255 e. The molecular weight excluding hydrogens is 1090 g/mol. The van der Waals surface area contributed by atoms with Crippen LogP contribution in [0.2, 0.25) is 0 Å². The Kier molecular flexibility index (Phi) is 18.5. The van der Waals surface area contributed by atoms with Crippen molar-refractivity contribution in [2.75, 3.05) is 66.3 Å². The average Bonchev–Trinajstić information content (AvgIpc) is 1.58. The maximum atomic E-state index is 15.9. The van der Waals surface area contributed by atoms with Gasteiger partial charge in [0.15, 0.2) is 12.1 Å². The van der Waals surface area contributed by atoms with E-state index in [0.717, 1.165) is 70.8 Å². The lowest BCUT2D eigenvalue weighted by molar-refractivity contribution is -0.129. The van der Waals surface area contributed by atoms with Gasteiger partial charge in [0.05, 0.1) is 28.0 Å². The van der Waals surface area contributed by atoms with Crippen LogP contribution in [0.1, 0.15) is 164 Å². The van der Waals surface area contributed by atoms with Gasteiger partial charge in [0.2, 0.25) is 18.2 Å². The van der Waals surface area contributed by atoms with Crippen LogP contribution >= 0.6 is 0 Å². The van der Waals surface area contributed by atoms with Gasteiger partial charge in [0, 0.05) is 92.3 Å². The van der Waals surface area contributed by atoms with Crippen molar-refractivity contribution in [2.45, 2.75) is 161 Å². The van der Waals surface area contributed by atoms with Crippen molar-refractivity contribution in [1.29, 1.82) is 0 Å². The van der Waals surface area contributed by atoms with Crippen molar-refractivity contribution >= 4 is 64.9 Å². The summed E-state index contributed by atoms with van der Waals surface area (Å²) in [5, 5.41) is 5.58. The van der Waals surface area contributed by atoms with Crippen molar-refractivity contribution in [3.05, 3.63) is 136 Å². The van der Waals surface area contributed by atoms with Gasteiger partial charge in [-0.15, -0.1) is 0 Å². The summed E-state index contributed by atoms with van der Waals surface area (Å²) in [6, 6.07) is 24.0. The van der Waals surface area contributed by atoms with Crippen LogP contribution in [-0.2, 0) is 19.8 Å². The van der Waals surface area contributed by atoms with Gasteiger partial charge in [-0.05, 0) is 187 Å². The Morgan fingerprint density at radius 3 is 2.21 bits per heavy atom. The molecule has 10 rings (SSSR count). The minimum Gasteiger partial charge on any atom is -0.490 e. The van der Waals surface area contributed by atoms with Gasteiger partial charge in [-0.25, -0.2) is 9.37 Å². The Balaban J connectivity index is 0.835. The number of halogens is 1. The molecule has 86 heavy (non-hydrogen) atoms. The zero-order chi connectivity index (χ0) is 61.1. The quantitative estimate of drug-likeness (QED) is 0.0709. The number of fused-ring (bicyclic) bond motifs is 2. The van der Waals surface area contributed by atoms with E-state index in [0.29, 0.717) is 112 Å². The van der Waals surface area contributed by atoms with Crippen LogP contribution in [0.4, 0.5) is 33.0 Å². The summed E-state index contributed by atoms with van der Waals surface area (Å²) in [7, 11) is 1.50. The molecule has 4 aromatic carbocycles. The molecule has 1 spiro atoms. The fourth-order valence-corrected chi connectivity index (χ4v) is 13.9. The number of nitrogens with one attached hydrogen (secondary N) is 2. The molecule has 0 radical (unpaired) electrons. The number of aryl methyl sites for hydroxylation is 2. The summed E-state index contributed by atoms with van der Waals surface area (Å²) in [6.45, 7) is 22.7. The summed E-state index contributed by atoms with van der Waals surface area (Å²) in [5.74, 6) is -0.0542. The first-order valence-electron chi connectivity index (χ1n) is 31.0. The van der Waals surface area contributed by atoms with Crippen LogP contribution in [0.5, 0.6) is 5.75 Å². The first-order valence-corrected chi connectivity index (χ1v) is 31.0. The lowest BCUT2D eigenvalue weighted by Gasteiger charge is -2.48. The Morgan fingerprint density at radius 1 is 0.860 bits per heavy atom. The number of benzene rings is 4. The number of rotatable bonds is 20. The molecule has 5 amide bonds. The topological polar surface area (TPSA) is 168 Å². The van der Waals surface area contributed by atoms with E-state index in [9.17, 15) is 24.0 Å². The number of likely N-dealkylation sites (N-methyl/N-ethyl adjacent to an activating group) is 1. The van der Waals surface area contributed by atoms with Crippen LogP contribution in [0, 0.1) is 19.7 Å². The molecule has 5 aliphatic rings. The number of carbonyl (C=O) groups is 6. The lowest BCUT2D eigenvalue weighted by atomic mass is 9.73. The van der Waals surface area contributed by atoms with Gasteiger partial charge in [0.1, 0.15) is 23.7 Å². The van der Waals surface area contributed by atoms with Crippen molar-refractivity contribution < 1.29 is 37.9 Å². The van der Waals surface area contributed by atoms with Crippen LogP contribution < -0.4 is 30.1 Å². The molecule has 1 saturated carbocycles. The van der Waals surface area contributed by atoms with E-state index in [1.165, 1.54) is 31.2 Å². The third kappa shape index (κ3) is 12.1. The number of anilines is 5. The molecule has 5 aromatic rings. The van der Waals surface area contributed by atoms with E-state index >= 15 is 9.18 Å². The molecule has 4 fully saturated rings. The standard InChI is InChI=1S/C69H84FN9O7/c1-10-15-61(65(82)71-42-81)74(9)67(84)56-39-50(20-16-49(56)41-80)76-30-24-54(25-31-76)86-53-21-17-47(18-22-53)66(83)77-32-26-69(27-33-77)57-23-19-48(36-62(57)79(68(69)85)52-37-51(38-52)75-28-13-12-14-29-75)59-35-46(8)63(78(11-2)44(5)6)64(72-59)73-60-40-55(43(3)4)45(7)34-58(60)70/h11,16-23,34-36,39-44,51-52,54,61H,2,10,12-15,24-33,37-38H2,1,3-9H3,(H,72,73)(H,71,81,82). The number of aromatic nitrogens is 1. The Bertz CT molecular complexity index is 3370. The first kappa shape index (κ1) is 61.2. The highest BCUT2D eigenvalue weighted by atomic mass is 19.1. The number of ether oxygens (including phenoxy) is 1. The number of aldehydes is 1. The van der Waals surface area contributed by atoms with E-state index < -0.39 is 23.3 Å². The third-order valence-electron chi connectivity index (χ3n) is 18.8. The number of hydrogen-bond donors (Lipinski definition) is 2. The number of pyridine rings is 1. The zero-order valence-electron chi connectivity index (χ0n) is 51.3. The number of amides is 5. The molecule has 1 atom stereocenters. The number of nitrogens with zero attached hydrogens (tertiary/aromatic N) is 7. The van der Waals surface area contributed by atoms with E-state index in [-0.39, 0.29) is 52.9 Å². The lowest BCUT2D eigenvalue weighted by Crippen LogP contribution is -2.58. The minimum atomic E-state index is -0.878. The van der Waals surface area contributed by atoms with Gasteiger partial charge >= 0.3 is 0 Å². The zero-order valence-corrected chi connectivity index (χ0v) is 51.3. The Morgan fingerprint density at radius 2 is 1.57 bits per heavy atom. The molecule has 1 aliphatic carbocycles. The highest BCUT2D eigenvalue weighted by Gasteiger charge is 2.56. The van der Waals surface area contributed by atoms with Gasteiger partial charge in [0.25, 0.3) is 11.8 Å².